The number of carbonyl (C=O) groups excluding carboxylic acids is 2. The summed E-state index contributed by atoms with van der Waals surface area (Å²) in [5.74, 6) is 1.48. The highest BCUT2D eigenvalue weighted by Crippen LogP contribution is 2.36. The first-order chi connectivity index (χ1) is 22.2. The fourth-order valence-electron chi connectivity index (χ4n) is 5.82. The molecule has 0 aromatic heterocycles. The van der Waals surface area contributed by atoms with Gasteiger partial charge in [-0.15, -0.1) is 0 Å². The fraction of sp³-hybridized carbons (Fsp3) is 0.487. The van der Waals surface area contributed by atoms with E-state index in [9.17, 15) is 9.59 Å². The largest absolute Gasteiger partial charge is 0.497 e. The highest BCUT2D eigenvalue weighted by atomic mass is 16.5. The Morgan fingerprint density at radius 2 is 1.57 bits per heavy atom. The lowest BCUT2D eigenvalue weighted by molar-refractivity contribution is 0.0594. The number of nitrogens with zero attached hydrogens (tertiary/aromatic N) is 3. The smallest absolute Gasteiger partial charge is 0.257 e. The molecular weight excluding hydrogens is 572 g/mol. The van der Waals surface area contributed by atoms with Crippen LogP contribution in [0.15, 0.2) is 72.8 Å². The van der Waals surface area contributed by atoms with Gasteiger partial charge in [0.1, 0.15) is 5.75 Å². The van der Waals surface area contributed by atoms with E-state index in [0.29, 0.717) is 17.7 Å². The summed E-state index contributed by atoms with van der Waals surface area (Å²) in [6, 6.07) is 24.0. The zero-order chi connectivity index (χ0) is 33.6. The number of anilines is 1. The Bertz CT molecular complexity index is 1380. The lowest BCUT2D eigenvalue weighted by Crippen LogP contribution is -2.44. The Labute approximate surface area is 277 Å². The number of unbranched alkanes of at least 4 members (excludes halogenated alkanes) is 1. The maximum Gasteiger partial charge on any atom is 0.257 e. The summed E-state index contributed by atoms with van der Waals surface area (Å²) in [5, 5.41) is 0. The zero-order valence-corrected chi connectivity index (χ0v) is 29.2. The van der Waals surface area contributed by atoms with Crippen LogP contribution >= 0.6 is 0 Å². The third-order valence-electron chi connectivity index (χ3n) is 9.10. The summed E-state index contributed by atoms with van der Waals surface area (Å²) in [4.78, 5) is 34.1. The number of rotatable bonds is 15. The van der Waals surface area contributed by atoms with Gasteiger partial charge in [-0.3, -0.25) is 14.5 Å². The zero-order valence-electron chi connectivity index (χ0n) is 29.2. The van der Waals surface area contributed by atoms with E-state index in [1.54, 1.807) is 18.1 Å². The van der Waals surface area contributed by atoms with E-state index in [4.69, 9.17) is 10.5 Å². The van der Waals surface area contributed by atoms with Gasteiger partial charge in [-0.1, -0.05) is 88.7 Å². The van der Waals surface area contributed by atoms with Crippen LogP contribution in [0, 0.1) is 5.92 Å². The van der Waals surface area contributed by atoms with Crippen molar-refractivity contribution in [2.75, 3.05) is 51.8 Å². The summed E-state index contributed by atoms with van der Waals surface area (Å²) < 4.78 is 5.47. The second-order valence-electron chi connectivity index (χ2n) is 12.6. The standard InChI is InChI=1S/C34H44N4O3.C5H12/c1-5-37(25(2)26-13-7-6-8-14-26)22-21-36(3)31-19-12-17-29-32(39)24-38(34(40)33(29)31)30(18-9-10-20-35)27-15-11-16-28(23-27)41-4;1-4-5(2)3/h6-8,11-17,19,23,25,30H,5,9-10,18,20-22,24,35H2,1-4H3;5H,4H2,1-3H3/t25-,30?;/m1./s1. The second kappa shape index (κ2) is 18.5. The molecule has 0 fully saturated rings. The van der Waals surface area contributed by atoms with E-state index in [-0.39, 0.29) is 30.3 Å². The summed E-state index contributed by atoms with van der Waals surface area (Å²) >= 11 is 0. The van der Waals surface area contributed by atoms with Crippen molar-refractivity contribution in [2.24, 2.45) is 11.7 Å². The molecule has 7 nitrogen and oxygen atoms in total. The summed E-state index contributed by atoms with van der Waals surface area (Å²) in [6.07, 6.45) is 3.74. The topological polar surface area (TPSA) is 79.1 Å². The average Bonchev–Trinajstić information content (AvgIpc) is 3.08. The molecule has 2 N–H and O–H groups in total. The second-order valence-corrected chi connectivity index (χ2v) is 12.6. The van der Waals surface area contributed by atoms with Crippen molar-refractivity contribution >= 4 is 17.4 Å². The van der Waals surface area contributed by atoms with Gasteiger partial charge in [0, 0.05) is 31.7 Å². The first kappa shape index (κ1) is 36.8. The van der Waals surface area contributed by atoms with E-state index in [0.717, 1.165) is 61.8 Å². The van der Waals surface area contributed by atoms with Gasteiger partial charge in [0.25, 0.3) is 5.91 Å². The predicted octanol–water partition coefficient (Wildman–Crippen LogP) is 7.78. The minimum absolute atomic E-state index is 0.0329. The van der Waals surface area contributed by atoms with Crippen molar-refractivity contribution in [3.05, 3.63) is 95.1 Å². The van der Waals surface area contributed by atoms with Crippen LogP contribution in [0.25, 0.3) is 0 Å². The number of methoxy groups -OCH3 is 1. The molecule has 0 radical (unpaired) electrons. The lowest BCUT2D eigenvalue weighted by atomic mass is 9.91. The Balaban J connectivity index is 0.00000107. The van der Waals surface area contributed by atoms with Crippen LogP contribution in [0.3, 0.4) is 0 Å². The molecule has 0 aliphatic carbocycles. The summed E-state index contributed by atoms with van der Waals surface area (Å²) in [7, 11) is 3.64. The minimum Gasteiger partial charge on any atom is -0.497 e. The molecule has 0 saturated carbocycles. The van der Waals surface area contributed by atoms with Gasteiger partial charge in [-0.2, -0.15) is 0 Å². The fourth-order valence-corrected chi connectivity index (χ4v) is 5.82. The number of hydrogen-bond donors (Lipinski definition) is 1. The molecule has 4 rings (SSSR count). The quantitative estimate of drug-likeness (QED) is 0.173. The van der Waals surface area contributed by atoms with Crippen LogP contribution in [-0.4, -0.2) is 68.4 Å². The van der Waals surface area contributed by atoms with Gasteiger partial charge >= 0.3 is 0 Å². The monoisotopic (exact) mass is 628 g/mol. The number of amides is 1. The molecule has 1 aliphatic rings. The van der Waals surface area contributed by atoms with E-state index >= 15 is 0 Å². The maximum atomic E-state index is 14.3. The molecule has 250 valence electrons. The highest BCUT2D eigenvalue weighted by Gasteiger charge is 2.37. The van der Waals surface area contributed by atoms with Crippen LogP contribution in [0.5, 0.6) is 5.75 Å². The number of fused-ring (bicyclic) bond motifs is 1. The normalized spacial score (nSPS) is 14.1. The molecule has 1 amide bonds. The van der Waals surface area contributed by atoms with E-state index in [1.807, 2.05) is 49.5 Å². The first-order valence-electron chi connectivity index (χ1n) is 17.0. The number of hydrogen-bond acceptors (Lipinski definition) is 6. The number of likely N-dealkylation sites (N-methyl/N-ethyl adjacent to an activating group) is 2. The van der Waals surface area contributed by atoms with Crippen LogP contribution in [0.1, 0.15) is 104 Å². The summed E-state index contributed by atoms with van der Waals surface area (Å²) in [6.45, 7) is 14.1. The van der Waals surface area contributed by atoms with Crippen molar-refractivity contribution in [1.82, 2.24) is 9.80 Å². The molecule has 3 aromatic rings. The van der Waals surface area contributed by atoms with Gasteiger partial charge in [-0.05, 0) is 74.5 Å². The molecule has 46 heavy (non-hydrogen) atoms. The van der Waals surface area contributed by atoms with Gasteiger partial charge in [0.05, 0.1) is 30.9 Å². The van der Waals surface area contributed by atoms with Crippen molar-refractivity contribution < 1.29 is 14.3 Å². The number of carbonyl (C=O) groups is 2. The average molecular weight is 629 g/mol. The van der Waals surface area contributed by atoms with Crippen molar-refractivity contribution in [1.29, 1.82) is 0 Å². The number of ether oxygens (including phenoxy) is 1. The van der Waals surface area contributed by atoms with Crippen molar-refractivity contribution in [2.45, 2.75) is 72.4 Å². The van der Waals surface area contributed by atoms with Crippen molar-refractivity contribution in [3.63, 3.8) is 0 Å². The van der Waals surface area contributed by atoms with Crippen LogP contribution < -0.4 is 15.4 Å². The minimum atomic E-state index is -0.248. The number of benzene rings is 3. The SMILES string of the molecule is CCC(C)C.CCN(CCN(C)c1cccc2c1C(=O)N(C(CCCCN)c1cccc(OC)c1)CC2=O)[C@H](C)c1ccccc1. The van der Waals surface area contributed by atoms with Gasteiger partial charge in [0.15, 0.2) is 5.78 Å². The summed E-state index contributed by atoms with van der Waals surface area (Å²) in [5.41, 5.74) is 9.83. The molecule has 1 heterocycles. The lowest BCUT2D eigenvalue weighted by Gasteiger charge is -2.37. The van der Waals surface area contributed by atoms with E-state index in [2.05, 4.69) is 68.7 Å². The molecule has 0 spiro atoms. The van der Waals surface area contributed by atoms with Crippen molar-refractivity contribution in [3.8, 4) is 5.75 Å². The van der Waals surface area contributed by atoms with Crippen LogP contribution in [0.2, 0.25) is 0 Å². The number of nitrogens with two attached hydrogens (primary N) is 1. The first-order valence-corrected chi connectivity index (χ1v) is 17.0. The Morgan fingerprint density at radius 1 is 0.891 bits per heavy atom. The third kappa shape index (κ3) is 9.66. The molecule has 2 atom stereocenters. The predicted molar refractivity (Wildman–Crippen MR) is 191 cm³/mol. The van der Waals surface area contributed by atoms with Crippen LogP contribution in [0.4, 0.5) is 5.69 Å². The number of ketones is 1. The van der Waals surface area contributed by atoms with Gasteiger partial charge in [0.2, 0.25) is 0 Å². The third-order valence-corrected chi connectivity index (χ3v) is 9.10. The molecule has 1 unspecified atom stereocenters. The Hall–Kier alpha value is -3.68. The van der Waals surface area contributed by atoms with Crippen LogP contribution in [-0.2, 0) is 0 Å². The molecule has 0 bridgehead atoms. The molecule has 3 aromatic carbocycles. The molecular formula is C39H56N4O3. The van der Waals surface area contributed by atoms with E-state index < -0.39 is 0 Å². The van der Waals surface area contributed by atoms with E-state index in [1.165, 1.54) is 12.0 Å². The Kier molecular flexibility index (Phi) is 14.8. The maximum absolute atomic E-state index is 14.3. The van der Waals surface area contributed by atoms with Gasteiger partial charge < -0.3 is 20.3 Å². The molecule has 7 heteroatoms. The highest BCUT2D eigenvalue weighted by molar-refractivity contribution is 6.16. The number of Topliss-reactive ketones (excluding diaryl/α,β-unsaturated/α-hetero) is 1. The van der Waals surface area contributed by atoms with Gasteiger partial charge in [-0.25, -0.2) is 0 Å². The molecule has 0 saturated heterocycles. The molecule has 1 aliphatic heterocycles. The Morgan fingerprint density at radius 3 is 2.20 bits per heavy atom.